The fraction of sp³-hybridized carbons (Fsp3) is 0.591. The van der Waals surface area contributed by atoms with E-state index in [2.05, 4.69) is 32.1 Å². The van der Waals surface area contributed by atoms with E-state index in [0.29, 0.717) is 16.9 Å². The smallest absolute Gasteiger partial charge is 0.248 e. The lowest BCUT2D eigenvalue weighted by Crippen LogP contribution is -2.40. The van der Waals surface area contributed by atoms with Crippen LogP contribution in [0.15, 0.2) is 23.8 Å². The number of carbonyl (C=O) groups excluding carboxylic acids is 1. The molecule has 3 aliphatic rings. The second kappa shape index (κ2) is 5.47. The maximum atomic E-state index is 11.7. The monoisotopic (exact) mass is 323 g/mol. The predicted octanol–water partition coefficient (Wildman–Crippen LogP) is 4.90. The fourth-order valence-corrected chi connectivity index (χ4v) is 6.32. The number of hydrogen-bond acceptors (Lipinski definition) is 1. The van der Waals surface area contributed by atoms with Crippen molar-refractivity contribution in [2.24, 2.45) is 23.0 Å². The Bertz CT molecular complexity index is 732. The van der Waals surface area contributed by atoms with Crippen molar-refractivity contribution in [3.8, 4) is 0 Å². The van der Waals surface area contributed by atoms with E-state index in [0.717, 1.165) is 23.8 Å². The van der Waals surface area contributed by atoms with Crippen LogP contribution in [0.1, 0.15) is 78.9 Å². The van der Waals surface area contributed by atoms with E-state index < -0.39 is 0 Å². The molecule has 2 N–H and O–H groups in total. The van der Waals surface area contributed by atoms with Gasteiger partial charge in [-0.05, 0) is 98.3 Å². The molecule has 1 amide bonds. The van der Waals surface area contributed by atoms with Crippen LogP contribution in [0.5, 0.6) is 0 Å². The molecule has 2 saturated carbocycles. The van der Waals surface area contributed by atoms with E-state index >= 15 is 0 Å². The molecule has 0 aromatic heterocycles. The summed E-state index contributed by atoms with van der Waals surface area (Å²) < 4.78 is 0. The van der Waals surface area contributed by atoms with Crippen molar-refractivity contribution < 1.29 is 4.79 Å². The zero-order chi connectivity index (χ0) is 17.1. The first-order valence-corrected chi connectivity index (χ1v) is 9.54. The molecule has 0 saturated heterocycles. The highest BCUT2D eigenvalue weighted by Crippen LogP contribution is 2.62. The van der Waals surface area contributed by atoms with E-state index in [-0.39, 0.29) is 5.91 Å². The molecule has 0 bridgehead atoms. The Morgan fingerprint density at radius 3 is 2.75 bits per heavy atom. The Morgan fingerprint density at radius 1 is 1.25 bits per heavy atom. The van der Waals surface area contributed by atoms with Gasteiger partial charge in [0.2, 0.25) is 5.91 Å². The highest BCUT2D eigenvalue weighted by Gasteiger charge is 2.52. The number of amides is 1. The largest absolute Gasteiger partial charge is 0.366 e. The maximum Gasteiger partial charge on any atom is 0.248 e. The van der Waals surface area contributed by atoms with Gasteiger partial charge < -0.3 is 5.73 Å². The quantitative estimate of drug-likeness (QED) is 0.734. The summed E-state index contributed by atoms with van der Waals surface area (Å²) in [5.41, 5.74) is 12.4. The number of aryl methyl sites for hydroxylation is 2. The summed E-state index contributed by atoms with van der Waals surface area (Å²) in [4.78, 5) is 11.7. The number of allylic oxidation sites excluding steroid dienone is 2. The first-order valence-electron chi connectivity index (χ1n) is 9.54. The minimum Gasteiger partial charge on any atom is -0.366 e. The standard InChI is InChI=1S/C22H29NO/c1-4-15-6-8-20-17-7-5-14-12-18(21(23)24)13(2)11-19(14)16(17)9-10-22(15,20)3/h4,11-12,16-17,20H,5-10H2,1-3H3,(H2,23,24)/t16?,17?,20?,22-/m1/s1. The Hall–Kier alpha value is -1.57. The van der Waals surface area contributed by atoms with Gasteiger partial charge in [-0.3, -0.25) is 4.79 Å². The second-order valence-corrected chi connectivity index (χ2v) is 8.45. The molecule has 2 nitrogen and oxygen atoms in total. The average molecular weight is 323 g/mol. The van der Waals surface area contributed by atoms with Gasteiger partial charge in [-0.15, -0.1) is 0 Å². The van der Waals surface area contributed by atoms with E-state index in [9.17, 15) is 4.79 Å². The van der Waals surface area contributed by atoms with Crippen LogP contribution >= 0.6 is 0 Å². The summed E-state index contributed by atoms with van der Waals surface area (Å²) in [6.07, 6.45) is 10.0. The molecular formula is C22H29NO. The first kappa shape index (κ1) is 15.9. The third kappa shape index (κ3) is 2.11. The second-order valence-electron chi connectivity index (χ2n) is 8.45. The van der Waals surface area contributed by atoms with Crippen molar-refractivity contribution in [1.29, 1.82) is 0 Å². The molecule has 4 rings (SSSR count). The number of primary amides is 1. The molecule has 24 heavy (non-hydrogen) atoms. The fourth-order valence-electron chi connectivity index (χ4n) is 6.32. The molecule has 128 valence electrons. The molecule has 3 unspecified atom stereocenters. The zero-order valence-electron chi connectivity index (χ0n) is 15.2. The topological polar surface area (TPSA) is 43.1 Å². The third-order valence-corrected chi connectivity index (χ3v) is 7.53. The molecule has 0 heterocycles. The number of benzene rings is 1. The lowest BCUT2D eigenvalue weighted by molar-refractivity contribution is 0.0813. The van der Waals surface area contributed by atoms with Crippen molar-refractivity contribution in [1.82, 2.24) is 0 Å². The van der Waals surface area contributed by atoms with Crippen LogP contribution in [-0.4, -0.2) is 5.91 Å². The van der Waals surface area contributed by atoms with Crippen molar-refractivity contribution in [3.05, 3.63) is 46.0 Å². The Labute approximate surface area is 145 Å². The molecule has 2 fully saturated rings. The van der Waals surface area contributed by atoms with Crippen LogP contribution in [0.2, 0.25) is 0 Å². The maximum absolute atomic E-state index is 11.7. The van der Waals surface area contributed by atoms with E-state index in [4.69, 9.17) is 5.73 Å². The third-order valence-electron chi connectivity index (χ3n) is 7.53. The summed E-state index contributed by atoms with van der Waals surface area (Å²) in [7, 11) is 0. The van der Waals surface area contributed by atoms with Gasteiger partial charge in [0.05, 0.1) is 0 Å². The van der Waals surface area contributed by atoms with Crippen LogP contribution in [0.3, 0.4) is 0 Å². The first-order chi connectivity index (χ1) is 11.5. The molecule has 3 aliphatic carbocycles. The van der Waals surface area contributed by atoms with E-state index in [1.165, 1.54) is 43.2 Å². The van der Waals surface area contributed by atoms with Gasteiger partial charge in [-0.1, -0.05) is 24.6 Å². The summed E-state index contributed by atoms with van der Waals surface area (Å²) >= 11 is 0. The number of rotatable bonds is 1. The number of nitrogens with two attached hydrogens (primary N) is 1. The SMILES string of the molecule is CC=C1CCC2C3CCc4cc(C(N)=O)c(C)cc4C3CC[C@]12C. The zero-order valence-corrected chi connectivity index (χ0v) is 15.2. The van der Waals surface area contributed by atoms with Crippen LogP contribution < -0.4 is 5.73 Å². The molecule has 0 radical (unpaired) electrons. The van der Waals surface area contributed by atoms with E-state index in [1.54, 1.807) is 5.57 Å². The van der Waals surface area contributed by atoms with Gasteiger partial charge >= 0.3 is 0 Å². The predicted molar refractivity (Wildman–Crippen MR) is 98.1 cm³/mol. The number of hydrogen-bond donors (Lipinski definition) is 1. The van der Waals surface area contributed by atoms with Gasteiger partial charge in [0.15, 0.2) is 0 Å². The number of fused-ring (bicyclic) bond motifs is 5. The highest BCUT2D eigenvalue weighted by molar-refractivity contribution is 5.94. The molecular weight excluding hydrogens is 294 g/mol. The summed E-state index contributed by atoms with van der Waals surface area (Å²) in [6, 6.07) is 4.36. The van der Waals surface area contributed by atoms with Crippen LogP contribution in [0, 0.1) is 24.2 Å². The highest BCUT2D eigenvalue weighted by atomic mass is 16.1. The minimum atomic E-state index is -0.290. The lowest BCUT2D eigenvalue weighted by atomic mass is 9.55. The summed E-state index contributed by atoms with van der Waals surface area (Å²) in [5, 5.41) is 0. The van der Waals surface area contributed by atoms with Gasteiger partial charge in [0.1, 0.15) is 0 Å². The van der Waals surface area contributed by atoms with Gasteiger partial charge in [-0.2, -0.15) is 0 Å². The van der Waals surface area contributed by atoms with Gasteiger partial charge in [0.25, 0.3) is 0 Å². The van der Waals surface area contributed by atoms with Gasteiger partial charge in [0, 0.05) is 5.56 Å². The molecule has 1 aromatic carbocycles. The number of carbonyl (C=O) groups is 1. The molecule has 2 heteroatoms. The average Bonchev–Trinajstić information content (AvgIpc) is 2.90. The van der Waals surface area contributed by atoms with Crippen LogP contribution in [0.4, 0.5) is 0 Å². The van der Waals surface area contributed by atoms with Crippen molar-refractivity contribution >= 4 is 5.91 Å². The van der Waals surface area contributed by atoms with Crippen molar-refractivity contribution in [3.63, 3.8) is 0 Å². The van der Waals surface area contributed by atoms with Crippen LogP contribution in [-0.2, 0) is 6.42 Å². The molecule has 0 spiro atoms. The Morgan fingerprint density at radius 2 is 2.04 bits per heavy atom. The molecule has 4 atom stereocenters. The van der Waals surface area contributed by atoms with E-state index in [1.807, 2.05) is 6.92 Å². The Kier molecular flexibility index (Phi) is 3.63. The Balaban J connectivity index is 1.73. The van der Waals surface area contributed by atoms with Crippen LogP contribution in [0.25, 0.3) is 0 Å². The summed E-state index contributed by atoms with van der Waals surface area (Å²) in [5.74, 6) is 2.05. The minimum absolute atomic E-state index is 0.290. The molecule has 0 aliphatic heterocycles. The lowest BCUT2D eigenvalue weighted by Gasteiger charge is -2.49. The summed E-state index contributed by atoms with van der Waals surface area (Å²) in [6.45, 7) is 6.78. The van der Waals surface area contributed by atoms with Gasteiger partial charge in [-0.25, -0.2) is 0 Å². The normalized spacial score (nSPS) is 36.1. The van der Waals surface area contributed by atoms with Crippen molar-refractivity contribution in [2.45, 2.75) is 65.2 Å². The molecule has 1 aromatic rings. The van der Waals surface area contributed by atoms with Crippen molar-refractivity contribution in [2.75, 3.05) is 0 Å².